The number of carbonyl (C=O) groups is 5. The molecule has 0 spiro atoms. The number of imide groups is 1. The Hall–Kier alpha value is -4.59. The predicted molar refractivity (Wildman–Crippen MR) is 127 cm³/mol. The highest BCUT2D eigenvalue weighted by Gasteiger charge is 2.36. The summed E-state index contributed by atoms with van der Waals surface area (Å²) in [7, 11) is 0. The van der Waals surface area contributed by atoms with Crippen LogP contribution < -0.4 is 10.2 Å². The van der Waals surface area contributed by atoms with Gasteiger partial charge in [0.1, 0.15) is 0 Å². The summed E-state index contributed by atoms with van der Waals surface area (Å²) in [5, 5.41) is 2.59. The van der Waals surface area contributed by atoms with Crippen molar-refractivity contribution >= 4 is 35.2 Å². The number of fused-ring (bicyclic) bond motifs is 1. The largest absolute Gasteiger partial charge is 0.452 e. The number of esters is 1. The van der Waals surface area contributed by atoms with Gasteiger partial charge in [0.15, 0.2) is 12.4 Å². The Balaban J connectivity index is 1.34. The number of anilines is 1. The molecule has 1 N–H and O–H groups in total. The van der Waals surface area contributed by atoms with Crippen molar-refractivity contribution in [2.24, 2.45) is 0 Å². The molecule has 0 saturated carbocycles. The maximum absolute atomic E-state index is 12.6. The summed E-state index contributed by atoms with van der Waals surface area (Å²) in [6, 6.07) is 20.8. The second-order valence-corrected chi connectivity index (χ2v) is 8.03. The van der Waals surface area contributed by atoms with Crippen LogP contribution in [-0.2, 0) is 20.7 Å². The molecule has 3 aromatic rings. The second-order valence-electron chi connectivity index (χ2n) is 8.03. The zero-order valence-electron chi connectivity index (χ0n) is 18.9. The summed E-state index contributed by atoms with van der Waals surface area (Å²) in [5.41, 5.74) is 2.00. The maximum Gasteiger partial charge on any atom is 0.338 e. The first-order valence-corrected chi connectivity index (χ1v) is 10.9. The van der Waals surface area contributed by atoms with Crippen LogP contribution in [0, 0.1) is 0 Å². The van der Waals surface area contributed by atoms with E-state index >= 15 is 0 Å². The van der Waals surface area contributed by atoms with E-state index in [2.05, 4.69) is 5.32 Å². The standard InChI is InChI=1S/C27H22N2O6/c1-17(30)23(15-18-7-3-2-4-8-18)28-24(31)16-35-27(34)19-11-13-20(14-12-19)29-25(32)21-9-5-6-10-22(21)26(29)33/h2-14,23H,15-16H2,1H3,(H,28,31). The van der Waals surface area contributed by atoms with Crippen molar-refractivity contribution in [1.82, 2.24) is 5.32 Å². The summed E-state index contributed by atoms with van der Waals surface area (Å²) in [5.74, 6) is -2.44. The molecule has 1 unspecified atom stereocenters. The molecule has 1 heterocycles. The first-order valence-electron chi connectivity index (χ1n) is 10.9. The Kier molecular flexibility index (Phi) is 6.82. The van der Waals surface area contributed by atoms with Crippen LogP contribution in [-0.4, -0.2) is 42.1 Å². The average molecular weight is 470 g/mol. The minimum atomic E-state index is -0.753. The Labute approximate surface area is 201 Å². The van der Waals surface area contributed by atoms with E-state index in [0.29, 0.717) is 23.2 Å². The van der Waals surface area contributed by atoms with Crippen LogP contribution in [0.4, 0.5) is 5.69 Å². The molecule has 0 aliphatic carbocycles. The van der Waals surface area contributed by atoms with E-state index in [1.165, 1.54) is 31.2 Å². The van der Waals surface area contributed by atoms with E-state index in [4.69, 9.17) is 4.74 Å². The number of rotatable bonds is 8. The number of hydrogen-bond donors (Lipinski definition) is 1. The third kappa shape index (κ3) is 5.16. The summed E-state index contributed by atoms with van der Waals surface area (Å²) < 4.78 is 5.07. The van der Waals surface area contributed by atoms with Crippen LogP contribution >= 0.6 is 0 Å². The number of nitrogens with zero attached hydrogens (tertiary/aromatic N) is 1. The second kappa shape index (κ2) is 10.1. The number of ether oxygens (including phenoxy) is 1. The van der Waals surface area contributed by atoms with Gasteiger partial charge in [-0.05, 0) is 55.3 Å². The molecular formula is C27H22N2O6. The molecule has 1 aliphatic rings. The molecule has 3 aromatic carbocycles. The Morgan fingerprint density at radius 2 is 1.40 bits per heavy atom. The van der Waals surface area contributed by atoms with Gasteiger partial charge in [-0.3, -0.25) is 19.2 Å². The van der Waals surface area contributed by atoms with Gasteiger partial charge in [-0.15, -0.1) is 0 Å². The predicted octanol–water partition coefficient (Wildman–Crippen LogP) is 2.96. The fraction of sp³-hybridized carbons (Fsp3) is 0.148. The SMILES string of the molecule is CC(=O)C(Cc1ccccc1)NC(=O)COC(=O)c1ccc(N2C(=O)c3ccccc3C2=O)cc1. The normalized spacial score (nSPS) is 13.2. The molecule has 0 saturated heterocycles. The van der Waals surface area contributed by atoms with E-state index in [-0.39, 0.29) is 11.3 Å². The van der Waals surface area contributed by atoms with Gasteiger partial charge in [0.05, 0.1) is 28.4 Å². The molecule has 8 heteroatoms. The lowest BCUT2D eigenvalue weighted by Crippen LogP contribution is -2.43. The van der Waals surface area contributed by atoms with Gasteiger partial charge in [0.25, 0.3) is 17.7 Å². The molecule has 0 radical (unpaired) electrons. The third-order valence-electron chi connectivity index (χ3n) is 5.60. The molecular weight excluding hydrogens is 448 g/mol. The quantitative estimate of drug-likeness (QED) is 0.400. The number of ketones is 1. The smallest absolute Gasteiger partial charge is 0.338 e. The number of Topliss-reactive ketones (excluding diaryl/α,β-unsaturated/α-hetero) is 1. The number of hydrogen-bond acceptors (Lipinski definition) is 6. The Morgan fingerprint density at radius 3 is 1.97 bits per heavy atom. The van der Waals surface area contributed by atoms with E-state index in [1.807, 2.05) is 30.3 Å². The molecule has 8 nitrogen and oxygen atoms in total. The van der Waals surface area contributed by atoms with Crippen molar-refractivity contribution in [3.8, 4) is 0 Å². The molecule has 3 amide bonds. The van der Waals surface area contributed by atoms with Gasteiger partial charge in [-0.25, -0.2) is 9.69 Å². The molecule has 4 rings (SSSR count). The van der Waals surface area contributed by atoms with Crippen LogP contribution in [0.2, 0.25) is 0 Å². The molecule has 176 valence electrons. The van der Waals surface area contributed by atoms with E-state index in [0.717, 1.165) is 10.5 Å². The first-order chi connectivity index (χ1) is 16.8. The molecule has 1 aliphatic heterocycles. The van der Waals surface area contributed by atoms with Gasteiger partial charge in [0.2, 0.25) is 0 Å². The highest BCUT2D eigenvalue weighted by atomic mass is 16.5. The topological polar surface area (TPSA) is 110 Å². The average Bonchev–Trinajstić information content (AvgIpc) is 3.12. The van der Waals surface area contributed by atoms with Crippen molar-refractivity contribution in [1.29, 1.82) is 0 Å². The third-order valence-corrected chi connectivity index (χ3v) is 5.60. The Bertz CT molecular complexity index is 1270. The van der Waals surface area contributed by atoms with Gasteiger partial charge in [0, 0.05) is 0 Å². The lowest BCUT2D eigenvalue weighted by molar-refractivity contribution is -0.128. The number of nitrogens with one attached hydrogen (secondary N) is 1. The van der Waals surface area contributed by atoms with Crippen molar-refractivity contribution < 1.29 is 28.7 Å². The Morgan fingerprint density at radius 1 is 0.829 bits per heavy atom. The van der Waals surface area contributed by atoms with Crippen LogP contribution in [0.1, 0.15) is 43.6 Å². The monoisotopic (exact) mass is 470 g/mol. The van der Waals surface area contributed by atoms with Crippen molar-refractivity contribution in [2.75, 3.05) is 11.5 Å². The van der Waals surface area contributed by atoms with Crippen LogP contribution in [0.5, 0.6) is 0 Å². The zero-order valence-corrected chi connectivity index (χ0v) is 18.9. The number of amides is 3. The molecule has 1 atom stereocenters. The summed E-state index contributed by atoms with van der Waals surface area (Å²) in [4.78, 5) is 62.8. The van der Waals surface area contributed by atoms with Crippen LogP contribution in [0.25, 0.3) is 0 Å². The zero-order chi connectivity index (χ0) is 24.9. The van der Waals surface area contributed by atoms with Gasteiger partial charge in [-0.1, -0.05) is 42.5 Å². The highest BCUT2D eigenvalue weighted by Crippen LogP contribution is 2.28. The molecule has 0 fully saturated rings. The number of carbonyl (C=O) groups excluding carboxylic acids is 5. The summed E-state index contributed by atoms with van der Waals surface area (Å²) >= 11 is 0. The fourth-order valence-corrected chi connectivity index (χ4v) is 3.77. The lowest BCUT2D eigenvalue weighted by atomic mass is 10.0. The van der Waals surface area contributed by atoms with Crippen molar-refractivity contribution in [2.45, 2.75) is 19.4 Å². The minimum Gasteiger partial charge on any atom is -0.452 e. The first kappa shape index (κ1) is 23.6. The van der Waals surface area contributed by atoms with Gasteiger partial charge in [-0.2, -0.15) is 0 Å². The van der Waals surface area contributed by atoms with E-state index < -0.39 is 36.3 Å². The van der Waals surface area contributed by atoms with Crippen molar-refractivity contribution in [3.63, 3.8) is 0 Å². The summed E-state index contributed by atoms with van der Waals surface area (Å²) in [6.07, 6.45) is 0.329. The van der Waals surface area contributed by atoms with Crippen molar-refractivity contribution in [3.05, 3.63) is 101 Å². The number of benzene rings is 3. The van der Waals surface area contributed by atoms with E-state index in [9.17, 15) is 24.0 Å². The summed E-state index contributed by atoms with van der Waals surface area (Å²) in [6.45, 7) is 0.827. The van der Waals surface area contributed by atoms with Gasteiger partial charge < -0.3 is 10.1 Å². The lowest BCUT2D eigenvalue weighted by Gasteiger charge is -2.16. The maximum atomic E-state index is 12.6. The minimum absolute atomic E-state index is 0.144. The van der Waals surface area contributed by atoms with E-state index in [1.54, 1.807) is 24.3 Å². The molecule has 35 heavy (non-hydrogen) atoms. The van der Waals surface area contributed by atoms with Crippen LogP contribution in [0.3, 0.4) is 0 Å². The molecule has 0 aromatic heterocycles. The highest BCUT2D eigenvalue weighted by molar-refractivity contribution is 6.34. The molecule has 0 bridgehead atoms. The fourth-order valence-electron chi connectivity index (χ4n) is 3.77. The van der Waals surface area contributed by atoms with Crippen LogP contribution in [0.15, 0.2) is 78.9 Å². The van der Waals surface area contributed by atoms with Gasteiger partial charge >= 0.3 is 5.97 Å².